The molecular weight excluding hydrogens is 526 g/mol. The molecule has 3 aromatic carbocycles. The van der Waals surface area contributed by atoms with Crippen LogP contribution >= 0.6 is 11.6 Å². The molecule has 194 valence electrons. The lowest BCUT2D eigenvalue weighted by molar-refractivity contribution is -0.384. The topological polar surface area (TPSA) is 154 Å². The number of nitro groups is 1. The van der Waals surface area contributed by atoms with E-state index in [1.807, 2.05) is 0 Å². The van der Waals surface area contributed by atoms with Gasteiger partial charge in [-0.2, -0.15) is 0 Å². The quantitative estimate of drug-likeness (QED) is 0.208. The van der Waals surface area contributed by atoms with Crippen molar-refractivity contribution in [2.24, 2.45) is 0 Å². The van der Waals surface area contributed by atoms with E-state index >= 15 is 0 Å². The summed E-state index contributed by atoms with van der Waals surface area (Å²) in [4.78, 5) is 35.0. The first-order valence-electron chi connectivity index (χ1n) is 10.8. The number of carbonyl (C=O) groups excluding carboxylic acids is 2. The zero-order chi connectivity index (χ0) is 27.0. The molecular formula is C24H22ClN3O8S. The largest absolute Gasteiger partial charge is 0.494 e. The molecule has 3 aromatic rings. The number of benzene rings is 3. The van der Waals surface area contributed by atoms with E-state index in [9.17, 15) is 28.1 Å². The zero-order valence-electron chi connectivity index (χ0n) is 19.5. The van der Waals surface area contributed by atoms with Crippen molar-refractivity contribution in [3.8, 4) is 5.75 Å². The molecule has 0 bridgehead atoms. The maximum absolute atomic E-state index is 12.7. The molecule has 37 heavy (non-hydrogen) atoms. The molecule has 0 spiro atoms. The highest BCUT2D eigenvalue weighted by Gasteiger charge is 2.22. The highest BCUT2D eigenvalue weighted by atomic mass is 35.5. The number of nitrogens with zero attached hydrogens (tertiary/aromatic N) is 1. The second kappa shape index (κ2) is 12.3. The number of carbonyl (C=O) groups is 2. The lowest BCUT2D eigenvalue weighted by atomic mass is 10.2. The second-order valence-electron chi connectivity index (χ2n) is 7.45. The maximum Gasteiger partial charge on any atom is 0.338 e. The minimum atomic E-state index is -4.08. The molecule has 3 rings (SSSR count). The third-order valence-corrected chi connectivity index (χ3v) is 6.73. The molecule has 0 atom stereocenters. The van der Waals surface area contributed by atoms with Gasteiger partial charge in [-0.05, 0) is 42.8 Å². The lowest BCUT2D eigenvalue weighted by Crippen LogP contribution is -2.24. The third kappa shape index (κ3) is 7.49. The van der Waals surface area contributed by atoms with Crippen molar-refractivity contribution < 1.29 is 32.4 Å². The van der Waals surface area contributed by atoms with Gasteiger partial charge in [-0.1, -0.05) is 41.9 Å². The van der Waals surface area contributed by atoms with E-state index in [1.165, 1.54) is 24.3 Å². The first-order valence-corrected chi connectivity index (χ1v) is 12.7. The molecule has 0 aromatic heterocycles. The first kappa shape index (κ1) is 27.6. The van der Waals surface area contributed by atoms with Crippen molar-refractivity contribution in [2.75, 3.05) is 18.5 Å². The number of halogens is 1. The Balaban J connectivity index is 1.66. The molecule has 2 N–H and O–H groups in total. The molecule has 0 radical (unpaired) electrons. The third-order valence-electron chi connectivity index (χ3n) is 4.85. The van der Waals surface area contributed by atoms with Crippen molar-refractivity contribution in [3.63, 3.8) is 0 Å². The second-order valence-corrected chi connectivity index (χ2v) is 9.59. The van der Waals surface area contributed by atoms with E-state index in [1.54, 1.807) is 37.3 Å². The molecule has 0 aliphatic heterocycles. The summed E-state index contributed by atoms with van der Waals surface area (Å²) in [5.41, 5.74) is 0.0425. The van der Waals surface area contributed by atoms with Crippen molar-refractivity contribution in [1.82, 2.24) is 4.72 Å². The van der Waals surface area contributed by atoms with E-state index < -0.39 is 39.1 Å². The van der Waals surface area contributed by atoms with E-state index in [2.05, 4.69) is 10.0 Å². The Morgan fingerprint density at radius 1 is 1.05 bits per heavy atom. The van der Waals surface area contributed by atoms with Crippen LogP contribution in [-0.2, 0) is 26.1 Å². The van der Waals surface area contributed by atoms with Gasteiger partial charge in [0.2, 0.25) is 10.0 Å². The number of nitrogens with one attached hydrogen (secondary N) is 2. The summed E-state index contributed by atoms with van der Waals surface area (Å²) in [7, 11) is -4.08. The minimum absolute atomic E-state index is 0.00599. The number of ether oxygens (including phenoxy) is 2. The number of hydrogen-bond acceptors (Lipinski definition) is 8. The number of rotatable bonds is 11. The van der Waals surface area contributed by atoms with Crippen LogP contribution in [0, 0.1) is 10.1 Å². The molecule has 0 saturated carbocycles. The number of amides is 1. The number of sulfonamides is 1. The van der Waals surface area contributed by atoms with Crippen LogP contribution in [0.5, 0.6) is 5.75 Å². The monoisotopic (exact) mass is 547 g/mol. The summed E-state index contributed by atoms with van der Waals surface area (Å²) in [6.45, 7) is 1.25. The van der Waals surface area contributed by atoms with Gasteiger partial charge in [-0.15, -0.1) is 0 Å². The van der Waals surface area contributed by atoms with Gasteiger partial charge < -0.3 is 14.8 Å². The first-order chi connectivity index (χ1) is 17.6. The van der Waals surface area contributed by atoms with Crippen molar-refractivity contribution in [1.29, 1.82) is 0 Å². The fourth-order valence-electron chi connectivity index (χ4n) is 3.11. The average Bonchev–Trinajstić information content (AvgIpc) is 2.88. The summed E-state index contributed by atoms with van der Waals surface area (Å²) in [5.74, 6) is -1.58. The smallest absolute Gasteiger partial charge is 0.338 e. The molecule has 0 fully saturated rings. The SMILES string of the molecule is CCOc1ccc(NC(=O)COC(=O)c2ccc(Cl)c(S(=O)(=O)NCc3ccccc3)c2)c([N+](=O)[O-])c1. The van der Waals surface area contributed by atoms with Crippen LogP contribution in [0.2, 0.25) is 5.02 Å². The normalized spacial score (nSPS) is 11.0. The summed E-state index contributed by atoms with van der Waals surface area (Å²) in [6, 6.07) is 16.2. The van der Waals surface area contributed by atoms with Crippen LogP contribution < -0.4 is 14.8 Å². The van der Waals surface area contributed by atoms with Gasteiger partial charge in [0, 0.05) is 6.54 Å². The minimum Gasteiger partial charge on any atom is -0.494 e. The summed E-state index contributed by atoms with van der Waals surface area (Å²) >= 11 is 6.06. The summed E-state index contributed by atoms with van der Waals surface area (Å²) in [5, 5.41) is 13.5. The molecule has 1 amide bonds. The summed E-state index contributed by atoms with van der Waals surface area (Å²) in [6.07, 6.45) is 0. The predicted molar refractivity (Wildman–Crippen MR) is 135 cm³/mol. The molecule has 11 nitrogen and oxygen atoms in total. The molecule has 0 aliphatic rings. The molecule has 0 heterocycles. The number of nitro benzene ring substituents is 1. The molecule has 0 unspecified atom stereocenters. The Morgan fingerprint density at radius 2 is 1.78 bits per heavy atom. The molecule has 13 heteroatoms. The Bertz CT molecular complexity index is 1410. The fourth-order valence-corrected chi connectivity index (χ4v) is 4.65. The van der Waals surface area contributed by atoms with E-state index in [-0.39, 0.29) is 33.5 Å². The number of hydrogen-bond donors (Lipinski definition) is 2. The average molecular weight is 548 g/mol. The van der Waals surface area contributed by atoms with Gasteiger partial charge in [0.25, 0.3) is 11.6 Å². The number of esters is 1. The van der Waals surface area contributed by atoms with Crippen LogP contribution in [0.4, 0.5) is 11.4 Å². The highest BCUT2D eigenvalue weighted by Crippen LogP contribution is 2.29. The van der Waals surface area contributed by atoms with Crippen LogP contribution in [-0.4, -0.2) is 38.4 Å². The highest BCUT2D eigenvalue weighted by molar-refractivity contribution is 7.89. The van der Waals surface area contributed by atoms with Gasteiger partial charge >= 0.3 is 5.97 Å². The lowest BCUT2D eigenvalue weighted by Gasteiger charge is -2.11. The van der Waals surface area contributed by atoms with Crippen molar-refractivity contribution in [2.45, 2.75) is 18.4 Å². The van der Waals surface area contributed by atoms with Crippen LogP contribution in [0.3, 0.4) is 0 Å². The Kier molecular flexibility index (Phi) is 9.17. The predicted octanol–water partition coefficient (Wildman–Crippen LogP) is 3.92. The van der Waals surface area contributed by atoms with Crippen LogP contribution in [0.1, 0.15) is 22.8 Å². The Labute approximate surface area is 217 Å². The van der Waals surface area contributed by atoms with Gasteiger partial charge in [-0.3, -0.25) is 14.9 Å². The molecule has 0 saturated heterocycles. The number of anilines is 1. The van der Waals surface area contributed by atoms with E-state index in [0.29, 0.717) is 6.61 Å². The maximum atomic E-state index is 12.7. The van der Waals surface area contributed by atoms with Gasteiger partial charge in [-0.25, -0.2) is 17.9 Å². The zero-order valence-corrected chi connectivity index (χ0v) is 21.0. The standard InChI is InChI=1S/C24H22ClN3O8S/c1-2-35-18-9-11-20(21(13-18)28(31)32)27-23(29)15-36-24(30)17-8-10-19(25)22(12-17)37(33,34)26-14-16-6-4-3-5-7-16/h3-13,26H,2,14-15H2,1H3,(H,27,29). The Morgan fingerprint density at radius 3 is 2.46 bits per heavy atom. The van der Waals surface area contributed by atoms with E-state index in [0.717, 1.165) is 17.7 Å². The fraction of sp³-hybridized carbons (Fsp3) is 0.167. The van der Waals surface area contributed by atoms with Crippen LogP contribution in [0.15, 0.2) is 71.6 Å². The van der Waals surface area contributed by atoms with Crippen molar-refractivity contribution >= 4 is 44.9 Å². The Hall–Kier alpha value is -4.00. The van der Waals surface area contributed by atoms with Gasteiger partial charge in [0.05, 0.1) is 28.2 Å². The van der Waals surface area contributed by atoms with E-state index in [4.69, 9.17) is 21.1 Å². The van der Waals surface area contributed by atoms with Gasteiger partial charge in [0.1, 0.15) is 16.3 Å². The summed E-state index contributed by atoms with van der Waals surface area (Å²) < 4.78 is 38.1. The van der Waals surface area contributed by atoms with Crippen LogP contribution in [0.25, 0.3) is 0 Å². The van der Waals surface area contributed by atoms with Crippen molar-refractivity contribution in [3.05, 3.63) is 93.0 Å². The molecule has 0 aliphatic carbocycles. The van der Waals surface area contributed by atoms with Gasteiger partial charge in [0.15, 0.2) is 6.61 Å².